The molecule has 4 heteroatoms. The Kier molecular flexibility index (Phi) is 3.08. The van der Waals surface area contributed by atoms with E-state index in [-0.39, 0.29) is 6.42 Å². The first-order valence-electron chi connectivity index (χ1n) is 4.02. The number of carboxylic acid groups (broad SMARTS) is 1. The molecule has 0 aliphatic rings. The molecule has 0 aliphatic carbocycles. The van der Waals surface area contributed by atoms with E-state index in [0.29, 0.717) is 11.4 Å². The van der Waals surface area contributed by atoms with E-state index in [1.165, 1.54) is 0 Å². The van der Waals surface area contributed by atoms with Gasteiger partial charge in [0.05, 0.1) is 5.56 Å². The molecule has 0 radical (unpaired) electrons. The van der Waals surface area contributed by atoms with Gasteiger partial charge in [-0.1, -0.05) is 11.8 Å². The lowest BCUT2D eigenvalue weighted by Gasteiger charge is -1.97. The number of nitrogen functional groups attached to an aromatic ring is 1. The SMILES string of the molecule is Cc1cnc(N)c(C#CCC(=O)O)c1. The van der Waals surface area contributed by atoms with Crippen molar-refractivity contribution in [2.75, 3.05) is 5.73 Å². The van der Waals surface area contributed by atoms with Gasteiger partial charge in [-0.05, 0) is 18.6 Å². The Bertz CT molecular complexity index is 416. The smallest absolute Gasteiger partial charge is 0.315 e. The number of nitrogens with two attached hydrogens (primary N) is 1. The van der Waals surface area contributed by atoms with Crippen LogP contribution in [0.3, 0.4) is 0 Å². The lowest BCUT2D eigenvalue weighted by Crippen LogP contribution is -1.95. The Morgan fingerprint density at radius 1 is 1.71 bits per heavy atom. The van der Waals surface area contributed by atoms with Crippen LogP contribution in [-0.4, -0.2) is 16.1 Å². The molecule has 0 saturated heterocycles. The summed E-state index contributed by atoms with van der Waals surface area (Å²) in [6.45, 7) is 1.87. The molecule has 0 bridgehead atoms. The molecule has 0 fully saturated rings. The van der Waals surface area contributed by atoms with E-state index < -0.39 is 5.97 Å². The van der Waals surface area contributed by atoms with E-state index in [2.05, 4.69) is 16.8 Å². The van der Waals surface area contributed by atoms with Crippen molar-refractivity contribution in [3.8, 4) is 11.8 Å². The van der Waals surface area contributed by atoms with E-state index in [4.69, 9.17) is 10.8 Å². The highest BCUT2D eigenvalue weighted by Crippen LogP contribution is 2.07. The van der Waals surface area contributed by atoms with Crippen molar-refractivity contribution in [2.45, 2.75) is 13.3 Å². The molecule has 0 aliphatic heterocycles. The number of nitrogens with zero attached hydrogens (tertiary/aromatic N) is 1. The van der Waals surface area contributed by atoms with Crippen LogP contribution in [0.1, 0.15) is 17.5 Å². The Labute approximate surface area is 81.8 Å². The zero-order valence-corrected chi connectivity index (χ0v) is 7.74. The number of aryl methyl sites for hydroxylation is 1. The number of carbonyl (C=O) groups is 1. The first-order valence-corrected chi connectivity index (χ1v) is 4.02. The van der Waals surface area contributed by atoms with Crippen molar-refractivity contribution in [3.63, 3.8) is 0 Å². The van der Waals surface area contributed by atoms with Crippen molar-refractivity contribution in [1.29, 1.82) is 0 Å². The largest absolute Gasteiger partial charge is 0.481 e. The van der Waals surface area contributed by atoms with Crippen molar-refractivity contribution >= 4 is 11.8 Å². The molecule has 0 aromatic carbocycles. The highest BCUT2D eigenvalue weighted by atomic mass is 16.4. The summed E-state index contributed by atoms with van der Waals surface area (Å²) in [6.07, 6.45) is 1.45. The highest BCUT2D eigenvalue weighted by Gasteiger charge is 1.96. The Balaban J connectivity index is 2.88. The molecule has 1 aromatic rings. The fourth-order valence-corrected chi connectivity index (χ4v) is 0.895. The second-order valence-corrected chi connectivity index (χ2v) is 2.82. The van der Waals surface area contributed by atoms with Gasteiger partial charge < -0.3 is 10.8 Å². The number of pyridine rings is 1. The zero-order valence-electron chi connectivity index (χ0n) is 7.74. The van der Waals surface area contributed by atoms with Crippen LogP contribution < -0.4 is 5.73 Å². The topological polar surface area (TPSA) is 76.2 Å². The highest BCUT2D eigenvalue weighted by molar-refractivity contribution is 5.70. The third-order valence-electron chi connectivity index (χ3n) is 1.52. The number of aromatic nitrogens is 1. The standard InChI is InChI=1S/C10H10N2O2/c1-7-5-8(10(11)12-6-7)3-2-4-9(13)14/h5-6H,4H2,1H3,(H2,11,12)(H,13,14). The Hall–Kier alpha value is -2.02. The fraction of sp³-hybridized carbons (Fsp3) is 0.200. The van der Waals surface area contributed by atoms with Gasteiger partial charge in [0.15, 0.2) is 0 Å². The number of aliphatic carboxylic acids is 1. The van der Waals surface area contributed by atoms with E-state index in [1.54, 1.807) is 12.3 Å². The lowest BCUT2D eigenvalue weighted by atomic mass is 10.2. The van der Waals surface area contributed by atoms with Gasteiger partial charge in [0.25, 0.3) is 0 Å². The first kappa shape index (κ1) is 10.1. The van der Waals surface area contributed by atoms with Gasteiger partial charge in [0.1, 0.15) is 12.2 Å². The van der Waals surface area contributed by atoms with Crippen LogP contribution >= 0.6 is 0 Å². The predicted molar refractivity (Wildman–Crippen MR) is 52.5 cm³/mol. The molecule has 0 saturated carbocycles. The summed E-state index contributed by atoms with van der Waals surface area (Å²) in [6, 6.07) is 1.77. The third kappa shape index (κ3) is 2.79. The minimum atomic E-state index is -0.948. The average molecular weight is 190 g/mol. The molecular weight excluding hydrogens is 180 g/mol. The van der Waals surface area contributed by atoms with E-state index >= 15 is 0 Å². The minimum Gasteiger partial charge on any atom is -0.481 e. The summed E-state index contributed by atoms with van der Waals surface area (Å²) in [5.74, 6) is 4.55. The van der Waals surface area contributed by atoms with Gasteiger partial charge in [-0.15, -0.1) is 0 Å². The normalized spacial score (nSPS) is 8.93. The predicted octanol–water partition coefficient (Wildman–Crippen LogP) is 0.798. The zero-order chi connectivity index (χ0) is 10.6. The lowest BCUT2D eigenvalue weighted by molar-refractivity contribution is -0.135. The number of carboxylic acids is 1. The van der Waals surface area contributed by atoms with Gasteiger partial charge in [-0.25, -0.2) is 4.98 Å². The molecule has 0 amide bonds. The summed E-state index contributed by atoms with van der Waals surface area (Å²) in [7, 11) is 0. The van der Waals surface area contributed by atoms with Crippen LogP contribution in [0.15, 0.2) is 12.3 Å². The number of hydrogen-bond donors (Lipinski definition) is 2. The fourth-order valence-electron chi connectivity index (χ4n) is 0.895. The van der Waals surface area contributed by atoms with Crippen LogP contribution in [0.2, 0.25) is 0 Å². The van der Waals surface area contributed by atoms with Gasteiger partial charge >= 0.3 is 5.97 Å². The second-order valence-electron chi connectivity index (χ2n) is 2.82. The monoisotopic (exact) mass is 190 g/mol. The van der Waals surface area contributed by atoms with Crippen LogP contribution in [0.25, 0.3) is 0 Å². The minimum absolute atomic E-state index is 0.187. The van der Waals surface area contributed by atoms with Crippen molar-refractivity contribution in [1.82, 2.24) is 4.98 Å². The van der Waals surface area contributed by atoms with Crippen molar-refractivity contribution in [3.05, 3.63) is 23.4 Å². The number of rotatable bonds is 1. The number of hydrogen-bond acceptors (Lipinski definition) is 3. The van der Waals surface area contributed by atoms with Crippen molar-refractivity contribution < 1.29 is 9.90 Å². The maximum atomic E-state index is 10.2. The number of anilines is 1. The molecule has 0 spiro atoms. The van der Waals surface area contributed by atoms with Gasteiger partial charge in [-0.2, -0.15) is 0 Å². The summed E-state index contributed by atoms with van der Waals surface area (Å²) < 4.78 is 0. The molecule has 14 heavy (non-hydrogen) atoms. The molecule has 72 valence electrons. The second kappa shape index (κ2) is 4.28. The van der Waals surface area contributed by atoms with Crippen LogP contribution in [0.4, 0.5) is 5.82 Å². The molecule has 3 N–H and O–H groups in total. The Morgan fingerprint density at radius 2 is 2.43 bits per heavy atom. The third-order valence-corrected chi connectivity index (χ3v) is 1.52. The molecule has 0 unspecified atom stereocenters. The van der Waals surface area contributed by atoms with Crippen LogP contribution in [0.5, 0.6) is 0 Å². The molecule has 1 heterocycles. The summed E-state index contributed by atoms with van der Waals surface area (Å²) >= 11 is 0. The van der Waals surface area contributed by atoms with Gasteiger partial charge in [0, 0.05) is 6.20 Å². The van der Waals surface area contributed by atoms with Gasteiger partial charge in [-0.3, -0.25) is 4.79 Å². The van der Waals surface area contributed by atoms with E-state index in [9.17, 15) is 4.79 Å². The van der Waals surface area contributed by atoms with Gasteiger partial charge in [0.2, 0.25) is 0 Å². The van der Waals surface area contributed by atoms with Crippen LogP contribution in [0, 0.1) is 18.8 Å². The quantitative estimate of drug-likeness (QED) is 0.642. The van der Waals surface area contributed by atoms with E-state index in [0.717, 1.165) is 5.56 Å². The molecular formula is C10H10N2O2. The van der Waals surface area contributed by atoms with E-state index in [1.807, 2.05) is 6.92 Å². The maximum Gasteiger partial charge on any atom is 0.315 e. The first-order chi connectivity index (χ1) is 6.59. The maximum absolute atomic E-state index is 10.2. The average Bonchev–Trinajstić information content (AvgIpc) is 2.10. The molecule has 0 atom stereocenters. The summed E-state index contributed by atoms with van der Waals surface area (Å²) in [4.78, 5) is 14.1. The summed E-state index contributed by atoms with van der Waals surface area (Å²) in [5.41, 5.74) is 7.06. The molecule has 4 nitrogen and oxygen atoms in total. The summed E-state index contributed by atoms with van der Waals surface area (Å²) in [5, 5.41) is 8.37. The van der Waals surface area contributed by atoms with Crippen LogP contribution in [-0.2, 0) is 4.79 Å². The Morgan fingerprint density at radius 3 is 3.07 bits per heavy atom. The van der Waals surface area contributed by atoms with Crippen molar-refractivity contribution in [2.24, 2.45) is 0 Å². The molecule has 1 aromatic heterocycles. The molecule has 1 rings (SSSR count).